The fraction of sp³-hybridized carbons (Fsp3) is 0.208. The Morgan fingerprint density at radius 1 is 1.06 bits per heavy atom. The molecule has 4 rings (SSSR count). The summed E-state index contributed by atoms with van der Waals surface area (Å²) in [7, 11) is 0. The van der Waals surface area contributed by atoms with Crippen LogP contribution in [0.25, 0.3) is 0 Å². The molecule has 1 aliphatic rings. The van der Waals surface area contributed by atoms with Gasteiger partial charge in [0.05, 0.1) is 21.9 Å². The number of para-hydroxylation sites is 1. The molecule has 1 heterocycles. The van der Waals surface area contributed by atoms with Crippen LogP contribution in [0, 0.1) is 17.0 Å². The van der Waals surface area contributed by atoms with Gasteiger partial charge in [0.15, 0.2) is 5.76 Å². The Balaban J connectivity index is 1.56. The molecule has 0 fully saturated rings. The van der Waals surface area contributed by atoms with Crippen molar-refractivity contribution in [1.82, 2.24) is 5.43 Å². The van der Waals surface area contributed by atoms with Gasteiger partial charge in [-0.05, 0) is 44.0 Å². The van der Waals surface area contributed by atoms with Crippen molar-refractivity contribution in [3.05, 3.63) is 92.4 Å². The largest absolute Gasteiger partial charge is 0.455 e. The highest BCUT2D eigenvalue weighted by Gasteiger charge is 2.34. The number of nitro groups is 1. The number of halogens is 3. The van der Waals surface area contributed by atoms with Crippen molar-refractivity contribution in [2.45, 2.75) is 32.4 Å². The van der Waals surface area contributed by atoms with Crippen LogP contribution in [0.5, 0.6) is 0 Å². The molecule has 0 unspecified atom stereocenters. The van der Waals surface area contributed by atoms with E-state index in [1.807, 2.05) is 0 Å². The topological polar surface area (TPSA) is 127 Å². The molecule has 2 amide bonds. The first kappa shape index (κ1) is 24.6. The van der Waals surface area contributed by atoms with E-state index in [1.165, 1.54) is 36.4 Å². The maximum absolute atomic E-state index is 13.3. The van der Waals surface area contributed by atoms with E-state index in [4.69, 9.17) is 4.42 Å². The number of amides is 2. The Morgan fingerprint density at radius 2 is 1.75 bits per heavy atom. The molecule has 3 aromatic rings. The second-order valence-electron chi connectivity index (χ2n) is 8.01. The van der Waals surface area contributed by atoms with Crippen molar-refractivity contribution in [2.24, 2.45) is 5.10 Å². The number of benzene rings is 2. The predicted octanol–water partition coefficient (Wildman–Crippen LogP) is 5.24. The Bertz CT molecular complexity index is 1380. The van der Waals surface area contributed by atoms with Crippen LogP contribution in [-0.4, -0.2) is 22.4 Å². The lowest BCUT2D eigenvalue weighted by atomic mass is 9.93. The zero-order valence-electron chi connectivity index (χ0n) is 18.8. The van der Waals surface area contributed by atoms with Gasteiger partial charge in [0.25, 0.3) is 17.5 Å². The third-order valence-electron chi connectivity index (χ3n) is 5.65. The number of carbonyl (C=O) groups is 2. The molecule has 186 valence electrons. The summed E-state index contributed by atoms with van der Waals surface area (Å²) in [5.74, 6) is -1.13. The zero-order valence-corrected chi connectivity index (χ0v) is 18.8. The van der Waals surface area contributed by atoms with Crippen molar-refractivity contribution in [3.8, 4) is 0 Å². The lowest BCUT2D eigenvalue weighted by Gasteiger charge is -2.13. The number of non-ortho nitro benzene ring substituents is 1. The fourth-order valence-electron chi connectivity index (χ4n) is 3.93. The Labute approximate surface area is 202 Å². The van der Waals surface area contributed by atoms with Gasteiger partial charge in [0, 0.05) is 35.2 Å². The third-order valence-corrected chi connectivity index (χ3v) is 5.65. The lowest BCUT2D eigenvalue weighted by Crippen LogP contribution is -2.22. The first-order valence-corrected chi connectivity index (χ1v) is 10.8. The van der Waals surface area contributed by atoms with Crippen molar-refractivity contribution in [2.75, 3.05) is 5.32 Å². The standard InChI is InChI=1S/C24H19F3N4O5/c1-13-20-18(29-30-22(32)14-9-11-15(12-10-14)31(34)35)7-4-8-19(20)36-21(13)23(33)28-17-6-3-2-5-16(17)24(25,26)27/h2-3,5-6,9-12H,4,7-8H2,1H3,(H,28,33)(H,30,32)/b29-18+. The van der Waals surface area contributed by atoms with E-state index >= 15 is 0 Å². The first-order chi connectivity index (χ1) is 17.1. The smallest absolute Gasteiger partial charge is 0.418 e. The second kappa shape index (κ2) is 9.64. The average Bonchev–Trinajstić information content (AvgIpc) is 3.19. The second-order valence-corrected chi connectivity index (χ2v) is 8.01. The van der Waals surface area contributed by atoms with Gasteiger partial charge in [-0.1, -0.05) is 12.1 Å². The fourth-order valence-corrected chi connectivity index (χ4v) is 3.93. The Morgan fingerprint density at radius 3 is 2.42 bits per heavy atom. The third kappa shape index (κ3) is 4.97. The van der Waals surface area contributed by atoms with Crippen LogP contribution in [0.4, 0.5) is 24.5 Å². The molecule has 0 radical (unpaired) electrons. The Kier molecular flexibility index (Phi) is 6.60. The monoisotopic (exact) mass is 500 g/mol. The number of alkyl halides is 3. The Hall–Kier alpha value is -4.48. The van der Waals surface area contributed by atoms with Crippen LogP contribution in [0.2, 0.25) is 0 Å². The number of nitrogens with one attached hydrogen (secondary N) is 2. The number of aryl methyl sites for hydroxylation is 1. The molecule has 1 aromatic heterocycles. The first-order valence-electron chi connectivity index (χ1n) is 10.8. The number of nitro benzene ring substituents is 1. The van der Waals surface area contributed by atoms with Crippen LogP contribution in [0.15, 0.2) is 58.0 Å². The summed E-state index contributed by atoms with van der Waals surface area (Å²) in [6, 6.07) is 9.61. The van der Waals surface area contributed by atoms with Crippen LogP contribution in [0.3, 0.4) is 0 Å². The normalized spacial score (nSPS) is 14.3. The van der Waals surface area contributed by atoms with E-state index in [0.29, 0.717) is 41.9 Å². The molecule has 2 N–H and O–H groups in total. The minimum atomic E-state index is -4.65. The highest BCUT2D eigenvalue weighted by atomic mass is 19.4. The number of carbonyl (C=O) groups excluding carboxylic acids is 2. The maximum atomic E-state index is 13.3. The number of rotatable bonds is 5. The number of nitrogens with zero attached hydrogens (tertiary/aromatic N) is 2. The van der Waals surface area contributed by atoms with E-state index in [0.717, 1.165) is 12.1 Å². The molecule has 2 aromatic carbocycles. The van der Waals surface area contributed by atoms with E-state index in [1.54, 1.807) is 6.92 Å². The van der Waals surface area contributed by atoms with Gasteiger partial charge in [0.1, 0.15) is 5.76 Å². The molecule has 1 aliphatic carbocycles. The molecule has 0 aliphatic heterocycles. The maximum Gasteiger partial charge on any atom is 0.418 e. The summed E-state index contributed by atoms with van der Waals surface area (Å²) in [6.07, 6.45) is -3.09. The quantitative estimate of drug-likeness (QED) is 0.366. The summed E-state index contributed by atoms with van der Waals surface area (Å²) >= 11 is 0. The molecule has 0 spiro atoms. The minimum Gasteiger partial charge on any atom is -0.455 e. The van der Waals surface area contributed by atoms with Gasteiger partial charge in [-0.3, -0.25) is 19.7 Å². The molecule has 0 bridgehead atoms. The van der Waals surface area contributed by atoms with Gasteiger partial charge in [-0.2, -0.15) is 18.3 Å². The number of fused-ring (bicyclic) bond motifs is 1. The van der Waals surface area contributed by atoms with E-state index < -0.39 is 34.2 Å². The minimum absolute atomic E-state index is 0.145. The molecule has 0 saturated carbocycles. The average molecular weight is 500 g/mol. The van der Waals surface area contributed by atoms with Gasteiger partial charge >= 0.3 is 6.18 Å². The van der Waals surface area contributed by atoms with Crippen molar-refractivity contribution >= 4 is 28.9 Å². The molecule has 12 heteroatoms. The number of anilines is 1. The van der Waals surface area contributed by atoms with Gasteiger partial charge in [-0.15, -0.1) is 0 Å². The van der Waals surface area contributed by atoms with Gasteiger partial charge < -0.3 is 9.73 Å². The van der Waals surface area contributed by atoms with Crippen molar-refractivity contribution in [3.63, 3.8) is 0 Å². The van der Waals surface area contributed by atoms with Crippen LogP contribution in [-0.2, 0) is 12.6 Å². The van der Waals surface area contributed by atoms with Crippen molar-refractivity contribution in [1.29, 1.82) is 0 Å². The van der Waals surface area contributed by atoms with Crippen LogP contribution >= 0.6 is 0 Å². The van der Waals surface area contributed by atoms with Crippen molar-refractivity contribution < 1.29 is 32.1 Å². The lowest BCUT2D eigenvalue weighted by molar-refractivity contribution is -0.384. The van der Waals surface area contributed by atoms with Crippen LogP contribution in [0.1, 0.15) is 56.2 Å². The number of hydrazone groups is 1. The summed E-state index contributed by atoms with van der Waals surface area (Å²) in [4.78, 5) is 35.5. The predicted molar refractivity (Wildman–Crippen MR) is 123 cm³/mol. The SMILES string of the molecule is Cc1c(C(=O)Nc2ccccc2C(F)(F)F)oc2c1/C(=N/NC(=O)c1ccc([N+](=O)[O-])cc1)CCC2. The number of hydrogen-bond donors (Lipinski definition) is 2. The highest BCUT2D eigenvalue weighted by molar-refractivity contribution is 6.09. The van der Waals surface area contributed by atoms with Gasteiger partial charge in [0.2, 0.25) is 0 Å². The summed E-state index contributed by atoms with van der Waals surface area (Å²) < 4.78 is 45.6. The molecular formula is C24H19F3N4O5. The molecule has 0 saturated heterocycles. The summed E-state index contributed by atoms with van der Waals surface area (Å²) in [5, 5.41) is 17.2. The van der Waals surface area contributed by atoms with Crippen LogP contribution < -0.4 is 10.7 Å². The molecule has 36 heavy (non-hydrogen) atoms. The van der Waals surface area contributed by atoms with E-state index in [2.05, 4.69) is 15.8 Å². The summed E-state index contributed by atoms with van der Waals surface area (Å²) in [5.41, 5.74) is 2.37. The number of furan rings is 1. The van der Waals surface area contributed by atoms with E-state index in [9.17, 15) is 32.9 Å². The molecule has 0 atom stereocenters. The number of hydrogen-bond acceptors (Lipinski definition) is 6. The molecule has 9 nitrogen and oxygen atoms in total. The summed E-state index contributed by atoms with van der Waals surface area (Å²) in [6.45, 7) is 1.59. The molecular weight excluding hydrogens is 481 g/mol. The van der Waals surface area contributed by atoms with E-state index in [-0.39, 0.29) is 17.0 Å². The van der Waals surface area contributed by atoms with Gasteiger partial charge in [-0.25, -0.2) is 5.43 Å². The highest BCUT2D eigenvalue weighted by Crippen LogP contribution is 2.35. The zero-order chi connectivity index (χ0) is 26.0.